The highest BCUT2D eigenvalue weighted by molar-refractivity contribution is 9.10. The van der Waals surface area contributed by atoms with Crippen LogP contribution < -0.4 is 0 Å². The van der Waals surface area contributed by atoms with Gasteiger partial charge in [0.05, 0.1) is 11.9 Å². The van der Waals surface area contributed by atoms with Crippen molar-refractivity contribution < 1.29 is 0 Å². The van der Waals surface area contributed by atoms with Crippen molar-refractivity contribution in [2.75, 3.05) is 0 Å². The Morgan fingerprint density at radius 1 is 1.24 bits per heavy atom. The first-order valence-electron chi connectivity index (χ1n) is 6.37. The zero-order valence-corrected chi connectivity index (χ0v) is 13.2. The third kappa shape index (κ3) is 2.92. The normalized spacial score (nSPS) is 11.4. The number of nitrogens with zero attached hydrogens (tertiary/aromatic N) is 6. The SMILES string of the molecule is Cc1cc(C)n(-c2nncn2/N=C\c2cccc(Br)c2)n1. The molecule has 106 valence electrons. The lowest BCUT2D eigenvalue weighted by atomic mass is 10.2. The molecule has 0 unspecified atom stereocenters. The average Bonchev–Trinajstić information content (AvgIpc) is 3.02. The van der Waals surface area contributed by atoms with Gasteiger partial charge in [0.25, 0.3) is 5.95 Å². The Bertz CT molecular complexity index is 801. The van der Waals surface area contributed by atoms with Crippen molar-refractivity contribution in [2.45, 2.75) is 13.8 Å². The van der Waals surface area contributed by atoms with Crippen LogP contribution in [0.15, 0.2) is 46.2 Å². The molecular formula is C14H13BrN6. The molecule has 6 nitrogen and oxygen atoms in total. The third-order valence-corrected chi connectivity index (χ3v) is 3.39. The van der Waals surface area contributed by atoms with E-state index in [1.165, 1.54) is 0 Å². The van der Waals surface area contributed by atoms with Gasteiger partial charge in [-0.05, 0) is 37.6 Å². The maximum atomic E-state index is 4.39. The van der Waals surface area contributed by atoms with Crippen molar-refractivity contribution in [3.8, 4) is 5.95 Å². The topological polar surface area (TPSA) is 60.9 Å². The van der Waals surface area contributed by atoms with Crippen LogP contribution in [0.4, 0.5) is 0 Å². The van der Waals surface area contributed by atoms with Gasteiger partial charge in [0.1, 0.15) is 6.33 Å². The van der Waals surface area contributed by atoms with Gasteiger partial charge in [0, 0.05) is 10.2 Å². The molecule has 3 rings (SSSR count). The minimum atomic E-state index is 0.562. The van der Waals surface area contributed by atoms with Crippen molar-refractivity contribution in [1.82, 2.24) is 24.7 Å². The highest BCUT2D eigenvalue weighted by atomic mass is 79.9. The van der Waals surface area contributed by atoms with Crippen LogP contribution in [0.2, 0.25) is 0 Å². The Hall–Kier alpha value is -2.28. The number of rotatable bonds is 3. The van der Waals surface area contributed by atoms with E-state index in [1.54, 1.807) is 21.9 Å². The van der Waals surface area contributed by atoms with Crippen molar-refractivity contribution in [1.29, 1.82) is 0 Å². The molecule has 0 atom stereocenters. The number of halogens is 1. The van der Waals surface area contributed by atoms with Gasteiger partial charge in [-0.25, -0.2) is 4.68 Å². The Balaban J connectivity index is 1.94. The molecule has 0 saturated carbocycles. The maximum absolute atomic E-state index is 4.39. The first-order chi connectivity index (χ1) is 10.1. The standard InChI is InChI=1S/C14H13BrN6/c1-10-6-11(2)21(19-10)14-18-16-9-20(14)17-8-12-4-3-5-13(15)7-12/h3-9H,1-2H3/b17-8-. The van der Waals surface area contributed by atoms with Crippen LogP contribution in [-0.4, -0.2) is 30.9 Å². The minimum absolute atomic E-state index is 0.562. The molecule has 0 spiro atoms. The summed E-state index contributed by atoms with van der Waals surface area (Å²) in [6, 6.07) is 9.87. The quantitative estimate of drug-likeness (QED) is 0.686. The lowest BCUT2D eigenvalue weighted by molar-refractivity contribution is 0.717. The Labute approximate surface area is 130 Å². The van der Waals surface area contributed by atoms with Crippen LogP contribution in [0, 0.1) is 13.8 Å². The molecule has 0 saturated heterocycles. The van der Waals surface area contributed by atoms with Crippen molar-refractivity contribution in [2.24, 2.45) is 5.10 Å². The van der Waals surface area contributed by atoms with Crippen LogP contribution in [0.1, 0.15) is 17.0 Å². The molecule has 0 aliphatic carbocycles. The number of hydrogen-bond acceptors (Lipinski definition) is 4. The summed E-state index contributed by atoms with van der Waals surface area (Å²) in [5.74, 6) is 0.562. The zero-order chi connectivity index (χ0) is 14.8. The Morgan fingerprint density at radius 3 is 2.81 bits per heavy atom. The van der Waals surface area contributed by atoms with Crippen LogP contribution in [0.25, 0.3) is 5.95 Å². The smallest absolute Gasteiger partial charge is 0.202 e. The van der Waals surface area contributed by atoms with Gasteiger partial charge in [-0.2, -0.15) is 14.9 Å². The highest BCUT2D eigenvalue weighted by Gasteiger charge is 2.10. The summed E-state index contributed by atoms with van der Waals surface area (Å²) in [6.07, 6.45) is 3.31. The van der Waals surface area contributed by atoms with Crippen LogP contribution in [0.3, 0.4) is 0 Å². The van der Waals surface area contributed by atoms with E-state index in [1.807, 2.05) is 44.2 Å². The summed E-state index contributed by atoms with van der Waals surface area (Å²) in [5.41, 5.74) is 2.90. The van der Waals surface area contributed by atoms with Gasteiger partial charge in [0.2, 0.25) is 0 Å². The van der Waals surface area contributed by atoms with Gasteiger partial charge in [-0.1, -0.05) is 28.1 Å². The van der Waals surface area contributed by atoms with E-state index in [9.17, 15) is 0 Å². The molecule has 0 radical (unpaired) electrons. The molecule has 0 N–H and O–H groups in total. The monoisotopic (exact) mass is 344 g/mol. The van der Waals surface area contributed by atoms with E-state index in [0.29, 0.717) is 5.95 Å². The number of hydrogen-bond donors (Lipinski definition) is 0. The molecule has 2 aromatic heterocycles. The van der Waals surface area contributed by atoms with Crippen molar-refractivity contribution in [3.63, 3.8) is 0 Å². The van der Waals surface area contributed by atoms with E-state index >= 15 is 0 Å². The lowest BCUT2D eigenvalue weighted by Gasteiger charge is -2.02. The second-order valence-electron chi connectivity index (χ2n) is 4.61. The van der Waals surface area contributed by atoms with Crippen LogP contribution >= 0.6 is 15.9 Å². The van der Waals surface area contributed by atoms with E-state index in [0.717, 1.165) is 21.4 Å². The molecule has 0 amide bonds. The predicted octanol–water partition coefficient (Wildman–Crippen LogP) is 2.73. The van der Waals surface area contributed by atoms with E-state index < -0.39 is 0 Å². The molecule has 0 fully saturated rings. The predicted molar refractivity (Wildman–Crippen MR) is 83.8 cm³/mol. The second-order valence-corrected chi connectivity index (χ2v) is 5.53. The van der Waals surface area contributed by atoms with Gasteiger partial charge in [-0.15, -0.1) is 10.2 Å². The van der Waals surface area contributed by atoms with E-state index in [-0.39, 0.29) is 0 Å². The molecule has 0 aliphatic rings. The fourth-order valence-electron chi connectivity index (χ4n) is 1.99. The summed E-state index contributed by atoms with van der Waals surface area (Å²) < 4.78 is 4.33. The number of benzene rings is 1. The Morgan fingerprint density at radius 2 is 2.10 bits per heavy atom. The molecule has 1 aromatic carbocycles. The minimum Gasteiger partial charge on any atom is -0.202 e. The average molecular weight is 345 g/mol. The summed E-state index contributed by atoms with van der Waals surface area (Å²) in [5, 5.41) is 16.8. The number of aromatic nitrogens is 5. The molecule has 0 aliphatic heterocycles. The summed E-state index contributed by atoms with van der Waals surface area (Å²) >= 11 is 3.44. The van der Waals surface area contributed by atoms with Crippen molar-refractivity contribution >= 4 is 22.1 Å². The first kappa shape index (κ1) is 13.7. The second kappa shape index (κ2) is 5.61. The third-order valence-electron chi connectivity index (χ3n) is 2.89. The lowest BCUT2D eigenvalue weighted by Crippen LogP contribution is -2.06. The summed E-state index contributed by atoms with van der Waals surface area (Å²) in [7, 11) is 0. The van der Waals surface area contributed by atoms with Crippen molar-refractivity contribution in [3.05, 3.63) is 58.1 Å². The largest absolute Gasteiger partial charge is 0.273 e. The van der Waals surface area contributed by atoms with E-state index in [2.05, 4.69) is 36.3 Å². The first-order valence-corrected chi connectivity index (χ1v) is 7.16. The van der Waals surface area contributed by atoms with Gasteiger partial charge in [-0.3, -0.25) is 0 Å². The van der Waals surface area contributed by atoms with E-state index in [4.69, 9.17) is 0 Å². The molecule has 2 heterocycles. The summed E-state index contributed by atoms with van der Waals surface area (Å²) in [6.45, 7) is 3.91. The molecule has 7 heteroatoms. The molecule has 0 bridgehead atoms. The highest BCUT2D eigenvalue weighted by Crippen LogP contribution is 2.11. The van der Waals surface area contributed by atoms with Gasteiger partial charge >= 0.3 is 0 Å². The fourth-order valence-corrected chi connectivity index (χ4v) is 2.41. The van der Waals surface area contributed by atoms with Gasteiger partial charge in [0.15, 0.2) is 0 Å². The number of aryl methyl sites for hydroxylation is 2. The zero-order valence-electron chi connectivity index (χ0n) is 11.6. The molecule has 21 heavy (non-hydrogen) atoms. The van der Waals surface area contributed by atoms with Crippen LogP contribution in [-0.2, 0) is 0 Å². The molecular weight excluding hydrogens is 332 g/mol. The summed E-state index contributed by atoms with van der Waals surface area (Å²) in [4.78, 5) is 0. The van der Waals surface area contributed by atoms with Crippen LogP contribution in [0.5, 0.6) is 0 Å². The fraction of sp³-hybridized carbons (Fsp3) is 0.143. The maximum Gasteiger partial charge on any atom is 0.273 e. The van der Waals surface area contributed by atoms with Gasteiger partial charge < -0.3 is 0 Å². The Kier molecular flexibility index (Phi) is 3.66. The molecule has 3 aromatic rings.